The minimum atomic E-state index is -0.366. The predicted molar refractivity (Wildman–Crippen MR) is 68.5 cm³/mol. The molecule has 2 unspecified atom stereocenters. The molecular formula is C11H19N5O2. The predicted octanol–water partition coefficient (Wildman–Crippen LogP) is 1.18. The second kappa shape index (κ2) is 4.93. The van der Waals surface area contributed by atoms with Crippen LogP contribution >= 0.6 is 0 Å². The molecule has 18 heavy (non-hydrogen) atoms. The zero-order valence-electron chi connectivity index (χ0n) is 10.7. The third-order valence-corrected chi connectivity index (χ3v) is 3.50. The minimum absolute atomic E-state index is 0.0598. The van der Waals surface area contributed by atoms with E-state index in [0.717, 1.165) is 19.3 Å². The molecule has 1 fully saturated rings. The summed E-state index contributed by atoms with van der Waals surface area (Å²) in [5.41, 5.74) is 6.57. The fourth-order valence-electron chi connectivity index (χ4n) is 2.50. The van der Waals surface area contributed by atoms with Gasteiger partial charge in [0.2, 0.25) is 5.82 Å². The summed E-state index contributed by atoms with van der Waals surface area (Å²) in [7, 11) is 1.72. The lowest BCUT2D eigenvalue weighted by atomic mass is 10.2. The fourth-order valence-corrected chi connectivity index (χ4v) is 2.50. The maximum atomic E-state index is 11.2. The Bertz CT molecular complexity index is 457. The summed E-state index contributed by atoms with van der Waals surface area (Å²) in [6.45, 7) is 1.86. The Morgan fingerprint density at radius 1 is 1.61 bits per heavy atom. The fraction of sp³-hybridized carbons (Fsp3) is 0.727. The van der Waals surface area contributed by atoms with E-state index in [9.17, 15) is 10.1 Å². The van der Waals surface area contributed by atoms with E-state index in [-0.39, 0.29) is 22.7 Å². The number of hydrogen-bond acceptors (Lipinski definition) is 5. The normalized spacial score (nSPS) is 23.3. The van der Waals surface area contributed by atoms with Gasteiger partial charge in [-0.25, -0.2) is 4.68 Å². The highest BCUT2D eigenvalue weighted by molar-refractivity contribution is 5.60. The van der Waals surface area contributed by atoms with Gasteiger partial charge < -0.3 is 11.1 Å². The number of anilines is 1. The van der Waals surface area contributed by atoms with E-state index >= 15 is 0 Å². The van der Waals surface area contributed by atoms with Gasteiger partial charge in [0.25, 0.3) is 0 Å². The Morgan fingerprint density at radius 3 is 2.83 bits per heavy atom. The molecule has 7 heteroatoms. The van der Waals surface area contributed by atoms with Crippen molar-refractivity contribution >= 4 is 11.5 Å². The van der Waals surface area contributed by atoms with Gasteiger partial charge >= 0.3 is 5.69 Å². The van der Waals surface area contributed by atoms with E-state index in [1.165, 1.54) is 0 Å². The molecule has 3 N–H and O–H groups in total. The highest BCUT2D eigenvalue weighted by atomic mass is 16.6. The van der Waals surface area contributed by atoms with Crippen molar-refractivity contribution in [1.82, 2.24) is 9.78 Å². The first-order chi connectivity index (χ1) is 8.54. The number of aromatic nitrogens is 2. The summed E-state index contributed by atoms with van der Waals surface area (Å²) in [6.07, 6.45) is 3.52. The van der Waals surface area contributed by atoms with Crippen molar-refractivity contribution in [2.24, 2.45) is 12.8 Å². The third-order valence-electron chi connectivity index (χ3n) is 3.50. The van der Waals surface area contributed by atoms with E-state index in [2.05, 4.69) is 10.4 Å². The third kappa shape index (κ3) is 2.17. The second-order valence-electron chi connectivity index (χ2n) is 4.72. The number of rotatable bonds is 4. The average Bonchev–Trinajstić information content (AvgIpc) is 2.85. The van der Waals surface area contributed by atoms with E-state index in [1.807, 2.05) is 6.92 Å². The van der Waals surface area contributed by atoms with Gasteiger partial charge in [0, 0.05) is 19.1 Å². The maximum absolute atomic E-state index is 11.2. The van der Waals surface area contributed by atoms with E-state index in [4.69, 9.17) is 5.73 Å². The molecule has 100 valence electrons. The summed E-state index contributed by atoms with van der Waals surface area (Å²) < 4.78 is 1.54. The summed E-state index contributed by atoms with van der Waals surface area (Å²) in [5.74, 6) is 0.471. The number of hydrogen-bond donors (Lipinski definition) is 2. The summed E-state index contributed by atoms with van der Waals surface area (Å²) in [6, 6.07) is 0.161. The van der Waals surface area contributed by atoms with Crippen LogP contribution < -0.4 is 11.1 Å². The van der Waals surface area contributed by atoms with Crippen LogP contribution in [0.4, 0.5) is 11.5 Å². The van der Waals surface area contributed by atoms with Crippen LogP contribution in [0.3, 0.4) is 0 Å². The first kappa shape index (κ1) is 12.8. The van der Waals surface area contributed by atoms with E-state index in [1.54, 1.807) is 11.7 Å². The van der Waals surface area contributed by atoms with Crippen molar-refractivity contribution in [3.05, 3.63) is 15.8 Å². The number of nitro groups is 1. The highest BCUT2D eigenvalue weighted by Crippen LogP contribution is 2.31. The van der Waals surface area contributed by atoms with Crippen LogP contribution in [-0.4, -0.2) is 26.8 Å². The van der Waals surface area contributed by atoms with Gasteiger partial charge in [-0.05, 0) is 25.7 Å². The van der Waals surface area contributed by atoms with Crippen molar-refractivity contribution in [1.29, 1.82) is 0 Å². The molecule has 1 aromatic rings. The Balaban J connectivity index is 2.31. The molecule has 2 atom stereocenters. The first-order valence-electron chi connectivity index (χ1n) is 6.27. The topological polar surface area (TPSA) is 99.0 Å². The van der Waals surface area contributed by atoms with Crippen LogP contribution in [0.5, 0.6) is 0 Å². The molecule has 0 saturated heterocycles. The molecule has 0 radical (unpaired) electrons. The number of nitrogens with zero attached hydrogens (tertiary/aromatic N) is 3. The Kier molecular flexibility index (Phi) is 3.51. The number of nitrogens with two attached hydrogens (primary N) is 1. The van der Waals surface area contributed by atoms with Crippen molar-refractivity contribution in [3.63, 3.8) is 0 Å². The van der Waals surface area contributed by atoms with Crippen LogP contribution in [0, 0.1) is 10.1 Å². The smallest absolute Gasteiger partial charge is 0.333 e. The van der Waals surface area contributed by atoms with Crippen LogP contribution in [0.1, 0.15) is 31.9 Å². The van der Waals surface area contributed by atoms with Gasteiger partial charge in [-0.3, -0.25) is 10.1 Å². The number of aryl methyl sites for hydroxylation is 2. The van der Waals surface area contributed by atoms with Crippen LogP contribution in [0.2, 0.25) is 0 Å². The van der Waals surface area contributed by atoms with Crippen molar-refractivity contribution < 1.29 is 4.92 Å². The zero-order chi connectivity index (χ0) is 13.3. The molecule has 1 aromatic heterocycles. The standard InChI is InChI=1S/C11H19N5O2/c1-3-8-10(16(17)18)11(15(2)14-8)13-9-6-4-5-7(9)12/h7,9,13H,3-6,12H2,1-2H3. The summed E-state index contributed by atoms with van der Waals surface area (Å²) in [5, 5.41) is 18.5. The van der Waals surface area contributed by atoms with Crippen molar-refractivity contribution in [2.45, 2.75) is 44.7 Å². The van der Waals surface area contributed by atoms with Crippen LogP contribution in [-0.2, 0) is 13.5 Å². The minimum Gasteiger partial charge on any atom is -0.360 e. The highest BCUT2D eigenvalue weighted by Gasteiger charge is 2.30. The Morgan fingerprint density at radius 2 is 2.33 bits per heavy atom. The van der Waals surface area contributed by atoms with Gasteiger partial charge in [-0.2, -0.15) is 5.10 Å². The average molecular weight is 253 g/mol. The molecule has 0 spiro atoms. The molecule has 1 aliphatic carbocycles. The lowest BCUT2D eigenvalue weighted by Crippen LogP contribution is -2.35. The lowest BCUT2D eigenvalue weighted by Gasteiger charge is -2.17. The summed E-state index contributed by atoms with van der Waals surface area (Å²) >= 11 is 0. The van der Waals surface area contributed by atoms with Gasteiger partial charge in [0.15, 0.2) is 0 Å². The van der Waals surface area contributed by atoms with Crippen molar-refractivity contribution in [3.8, 4) is 0 Å². The van der Waals surface area contributed by atoms with Gasteiger partial charge in [0.1, 0.15) is 5.69 Å². The van der Waals surface area contributed by atoms with E-state index < -0.39 is 0 Å². The second-order valence-corrected chi connectivity index (χ2v) is 4.72. The molecule has 0 aliphatic heterocycles. The van der Waals surface area contributed by atoms with Crippen LogP contribution in [0.15, 0.2) is 0 Å². The lowest BCUT2D eigenvalue weighted by molar-refractivity contribution is -0.384. The molecule has 0 amide bonds. The monoisotopic (exact) mass is 253 g/mol. The Labute approximate surface area is 105 Å². The SMILES string of the molecule is CCc1nn(C)c(NC2CCCC2N)c1[N+](=O)[O-]. The van der Waals surface area contributed by atoms with Gasteiger partial charge in [0.05, 0.1) is 4.92 Å². The largest absolute Gasteiger partial charge is 0.360 e. The Hall–Kier alpha value is -1.63. The maximum Gasteiger partial charge on any atom is 0.333 e. The zero-order valence-corrected chi connectivity index (χ0v) is 10.7. The number of nitrogens with one attached hydrogen (secondary N) is 1. The van der Waals surface area contributed by atoms with E-state index in [0.29, 0.717) is 17.9 Å². The van der Waals surface area contributed by atoms with Crippen LogP contribution in [0.25, 0.3) is 0 Å². The van der Waals surface area contributed by atoms with Gasteiger partial charge in [-0.15, -0.1) is 0 Å². The molecule has 2 rings (SSSR count). The molecule has 1 aliphatic rings. The molecule has 0 aromatic carbocycles. The molecular weight excluding hydrogens is 234 g/mol. The first-order valence-corrected chi connectivity index (χ1v) is 6.27. The summed E-state index contributed by atoms with van der Waals surface area (Å²) in [4.78, 5) is 10.8. The molecule has 7 nitrogen and oxygen atoms in total. The van der Waals surface area contributed by atoms with Crippen molar-refractivity contribution in [2.75, 3.05) is 5.32 Å². The quantitative estimate of drug-likeness (QED) is 0.620. The molecule has 1 saturated carbocycles. The molecule has 1 heterocycles. The molecule has 0 bridgehead atoms. The van der Waals surface area contributed by atoms with Gasteiger partial charge in [-0.1, -0.05) is 6.92 Å².